The summed E-state index contributed by atoms with van der Waals surface area (Å²) in [6.07, 6.45) is 4.93. The zero-order valence-corrected chi connectivity index (χ0v) is 8.88. The van der Waals surface area contributed by atoms with E-state index in [1.165, 1.54) is 11.1 Å². The molecular weight excluding hydrogens is 170 g/mol. The highest BCUT2D eigenvalue weighted by atomic mass is 14.8. The molecule has 0 aromatic heterocycles. The quantitative estimate of drug-likeness (QED) is 0.714. The molecule has 1 rings (SSSR count). The number of benzene rings is 1. The smallest absolute Gasteiger partial charge is 0.0367 e. The van der Waals surface area contributed by atoms with Crippen LogP contribution in [0, 0.1) is 0 Å². The van der Waals surface area contributed by atoms with Crippen molar-refractivity contribution in [1.29, 1.82) is 0 Å². The lowest BCUT2D eigenvalue weighted by atomic mass is 10.1. The molecule has 0 aliphatic heterocycles. The van der Waals surface area contributed by atoms with Crippen LogP contribution in [0.1, 0.15) is 18.1 Å². The van der Waals surface area contributed by atoms with Gasteiger partial charge in [-0.05, 0) is 30.5 Å². The number of rotatable bonds is 4. The van der Waals surface area contributed by atoms with E-state index >= 15 is 0 Å². The minimum atomic E-state index is 0.925. The predicted octanol–water partition coefficient (Wildman–Crippen LogP) is 3.00. The molecule has 0 unspecified atom stereocenters. The van der Waals surface area contributed by atoms with E-state index in [9.17, 15) is 0 Å². The molecule has 1 N–H and O–H groups in total. The van der Waals surface area contributed by atoms with Gasteiger partial charge in [0.15, 0.2) is 0 Å². The van der Waals surface area contributed by atoms with E-state index in [-0.39, 0.29) is 0 Å². The number of hydrogen-bond donors (Lipinski definition) is 1. The van der Waals surface area contributed by atoms with Crippen molar-refractivity contribution in [2.45, 2.75) is 13.3 Å². The molecule has 0 spiro atoms. The summed E-state index contributed by atoms with van der Waals surface area (Å²) in [4.78, 5) is 0. The minimum absolute atomic E-state index is 0.925. The van der Waals surface area contributed by atoms with E-state index < -0.39 is 0 Å². The molecule has 0 heterocycles. The van der Waals surface area contributed by atoms with Crippen molar-refractivity contribution in [3.63, 3.8) is 0 Å². The Balaban J connectivity index is 2.98. The molecule has 0 amide bonds. The van der Waals surface area contributed by atoms with Crippen LogP contribution in [-0.4, -0.2) is 7.05 Å². The highest BCUT2D eigenvalue weighted by Gasteiger charge is 1.98. The standard InChI is InChI=1S/C13H17N/c1-4-7-11-8-6-9-12(10-11)13(5-2)14-3/h4-6,8-10,14H,1,7H2,2-3H3/b13-5-. The summed E-state index contributed by atoms with van der Waals surface area (Å²) in [7, 11) is 1.94. The first kappa shape index (κ1) is 10.6. The Bertz CT molecular complexity index is 337. The summed E-state index contributed by atoms with van der Waals surface area (Å²) in [5, 5.41) is 3.17. The van der Waals surface area contributed by atoms with Gasteiger partial charge in [-0.15, -0.1) is 6.58 Å². The molecule has 14 heavy (non-hydrogen) atoms. The summed E-state index contributed by atoms with van der Waals surface area (Å²) in [5.74, 6) is 0. The largest absolute Gasteiger partial charge is 0.388 e. The number of nitrogens with one attached hydrogen (secondary N) is 1. The zero-order chi connectivity index (χ0) is 10.4. The monoisotopic (exact) mass is 187 g/mol. The molecule has 1 nitrogen and oxygen atoms in total. The lowest BCUT2D eigenvalue weighted by Gasteiger charge is -2.07. The molecule has 0 saturated heterocycles. The van der Waals surface area contributed by atoms with Crippen LogP contribution >= 0.6 is 0 Å². The van der Waals surface area contributed by atoms with Crippen molar-refractivity contribution in [3.8, 4) is 0 Å². The molecule has 0 fully saturated rings. The second kappa shape index (κ2) is 5.28. The van der Waals surface area contributed by atoms with Crippen LogP contribution in [0.4, 0.5) is 0 Å². The van der Waals surface area contributed by atoms with Crippen LogP contribution in [0.2, 0.25) is 0 Å². The molecule has 0 aliphatic carbocycles. The van der Waals surface area contributed by atoms with Crippen LogP contribution in [0.3, 0.4) is 0 Å². The van der Waals surface area contributed by atoms with Gasteiger partial charge in [0.25, 0.3) is 0 Å². The first-order valence-corrected chi connectivity index (χ1v) is 4.86. The summed E-state index contributed by atoms with van der Waals surface area (Å²) in [6, 6.07) is 8.50. The van der Waals surface area contributed by atoms with Crippen molar-refractivity contribution in [2.75, 3.05) is 7.05 Å². The van der Waals surface area contributed by atoms with Gasteiger partial charge in [0.05, 0.1) is 0 Å². The van der Waals surface area contributed by atoms with Crippen molar-refractivity contribution in [2.24, 2.45) is 0 Å². The van der Waals surface area contributed by atoms with Gasteiger partial charge < -0.3 is 5.32 Å². The number of allylic oxidation sites excluding steroid dienone is 2. The van der Waals surface area contributed by atoms with Gasteiger partial charge in [0.2, 0.25) is 0 Å². The van der Waals surface area contributed by atoms with Crippen LogP contribution in [0.5, 0.6) is 0 Å². The van der Waals surface area contributed by atoms with E-state index in [4.69, 9.17) is 0 Å². The van der Waals surface area contributed by atoms with Gasteiger partial charge in [-0.25, -0.2) is 0 Å². The summed E-state index contributed by atoms with van der Waals surface area (Å²) < 4.78 is 0. The maximum absolute atomic E-state index is 3.74. The van der Waals surface area contributed by atoms with E-state index in [0.717, 1.165) is 12.1 Å². The maximum Gasteiger partial charge on any atom is 0.0367 e. The van der Waals surface area contributed by atoms with E-state index in [1.54, 1.807) is 0 Å². The molecule has 0 saturated carbocycles. The summed E-state index contributed by atoms with van der Waals surface area (Å²) >= 11 is 0. The third-order valence-electron chi connectivity index (χ3n) is 2.18. The Morgan fingerprint density at radius 3 is 2.86 bits per heavy atom. The minimum Gasteiger partial charge on any atom is -0.388 e. The van der Waals surface area contributed by atoms with Crippen LogP contribution < -0.4 is 5.32 Å². The zero-order valence-electron chi connectivity index (χ0n) is 8.88. The summed E-state index contributed by atoms with van der Waals surface area (Å²) in [6.45, 7) is 5.77. The Kier molecular flexibility index (Phi) is 3.99. The van der Waals surface area contributed by atoms with E-state index in [1.807, 2.05) is 20.0 Å². The maximum atomic E-state index is 3.74. The van der Waals surface area contributed by atoms with Gasteiger partial charge in [0, 0.05) is 12.7 Å². The Morgan fingerprint density at radius 2 is 2.29 bits per heavy atom. The Morgan fingerprint density at radius 1 is 1.50 bits per heavy atom. The molecule has 1 heteroatoms. The van der Waals surface area contributed by atoms with Crippen LogP contribution in [0.25, 0.3) is 5.70 Å². The van der Waals surface area contributed by atoms with E-state index in [0.29, 0.717) is 0 Å². The van der Waals surface area contributed by atoms with Crippen LogP contribution in [0.15, 0.2) is 43.0 Å². The normalized spacial score (nSPS) is 11.1. The van der Waals surface area contributed by atoms with Gasteiger partial charge >= 0.3 is 0 Å². The molecule has 1 aromatic rings. The van der Waals surface area contributed by atoms with E-state index in [2.05, 4.69) is 42.2 Å². The van der Waals surface area contributed by atoms with Gasteiger partial charge in [-0.3, -0.25) is 0 Å². The highest BCUT2D eigenvalue weighted by molar-refractivity contribution is 5.63. The second-order valence-corrected chi connectivity index (χ2v) is 3.15. The fourth-order valence-electron chi connectivity index (χ4n) is 1.49. The molecule has 0 atom stereocenters. The van der Waals surface area contributed by atoms with Crippen molar-refractivity contribution < 1.29 is 0 Å². The second-order valence-electron chi connectivity index (χ2n) is 3.15. The fraction of sp³-hybridized carbons (Fsp3) is 0.231. The topological polar surface area (TPSA) is 12.0 Å². The van der Waals surface area contributed by atoms with Gasteiger partial charge in [-0.2, -0.15) is 0 Å². The van der Waals surface area contributed by atoms with Gasteiger partial charge in [-0.1, -0.05) is 30.4 Å². The summed E-state index contributed by atoms with van der Waals surface area (Å²) in [5.41, 5.74) is 3.69. The predicted molar refractivity (Wildman–Crippen MR) is 63.1 cm³/mol. The first-order valence-electron chi connectivity index (χ1n) is 4.86. The fourth-order valence-corrected chi connectivity index (χ4v) is 1.49. The molecule has 1 aromatic carbocycles. The lowest BCUT2D eigenvalue weighted by molar-refractivity contribution is 1.12. The molecule has 0 aliphatic rings. The third kappa shape index (κ3) is 2.49. The van der Waals surface area contributed by atoms with Crippen molar-refractivity contribution in [1.82, 2.24) is 5.32 Å². The first-order chi connectivity index (χ1) is 6.81. The third-order valence-corrected chi connectivity index (χ3v) is 2.18. The molecule has 0 bridgehead atoms. The molecule has 0 radical (unpaired) electrons. The SMILES string of the molecule is C=CCc1cccc(/C(=C/C)NC)c1. The van der Waals surface area contributed by atoms with Crippen LogP contribution in [-0.2, 0) is 6.42 Å². The Labute approximate surface area is 86.2 Å². The lowest BCUT2D eigenvalue weighted by Crippen LogP contribution is -2.04. The highest BCUT2D eigenvalue weighted by Crippen LogP contribution is 2.13. The average molecular weight is 187 g/mol. The Hall–Kier alpha value is -1.50. The molecule has 74 valence electrons. The van der Waals surface area contributed by atoms with Gasteiger partial charge in [0.1, 0.15) is 0 Å². The van der Waals surface area contributed by atoms with Crippen molar-refractivity contribution in [3.05, 3.63) is 54.1 Å². The molecular formula is C13H17N. The average Bonchev–Trinajstić information content (AvgIpc) is 2.21. The van der Waals surface area contributed by atoms with Crippen molar-refractivity contribution >= 4 is 5.70 Å². The number of hydrogen-bond acceptors (Lipinski definition) is 1.